The summed E-state index contributed by atoms with van der Waals surface area (Å²) in [6.45, 7) is 0.101. The van der Waals surface area contributed by atoms with Gasteiger partial charge < -0.3 is 20.1 Å². The van der Waals surface area contributed by atoms with Crippen LogP contribution in [0, 0.1) is 5.92 Å². The van der Waals surface area contributed by atoms with E-state index in [1.807, 2.05) is 0 Å². The third-order valence-electron chi connectivity index (χ3n) is 5.99. The molecule has 2 aromatic heterocycles. The Balaban J connectivity index is 1.80. The van der Waals surface area contributed by atoms with Crippen LogP contribution in [0.5, 0.6) is 11.5 Å². The molecule has 14 heteroatoms. The lowest BCUT2D eigenvalue weighted by Crippen LogP contribution is -2.33. The van der Waals surface area contributed by atoms with Crippen LogP contribution in [0.3, 0.4) is 0 Å². The first-order chi connectivity index (χ1) is 18.5. The number of carbonyl (C=O) groups is 2. The molecular weight excluding hydrogens is 548 g/mol. The Bertz CT molecular complexity index is 1530. The molecule has 39 heavy (non-hydrogen) atoms. The number of aromatic nitrogens is 3. The number of amides is 2. The third kappa shape index (κ3) is 6.37. The summed E-state index contributed by atoms with van der Waals surface area (Å²) in [4.78, 5) is 31.4. The van der Waals surface area contributed by atoms with E-state index in [0.29, 0.717) is 17.1 Å². The molecule has 0 aliphatic heterocycles. The predicted octanol–water partition coefficient (Wildman–Crippen LogP) is 2.99. The monoisotopic (exact) mass is 574 g/mol. The summed E-state index contributed by atoms with van der Waals surface area (Å²) in [6, 6.07) is 7.95. The van der Waals surface area contributed by atoms with Crippen LogP contribution >= 0.6 is 11.6 Å². The zero-order valence-electron chi connectivity index (χ0n) is 21.7. The molecule has 1 aliphatic rings. The van der Waals surface area contributed by atoms with Gasteiger partial charge in [-0.3, -0.25) is 14.5 Å². The van der Waals surface area contributed by atoms with Gasteiger partial charge in [-0.1, -0.05) is 11.6 Å². The number of hydrogen-bond acceptors (Lipinski definition) is 10. The number of anilines is 3. The summed E-state index contributed by atoms with van der Waals surface area (Å²) >= 11 is 5.98. The van der Waals surface area contributed by atoms with Crippen molar-refractivity contribution in [3.05, 3.63) is 52.8 Å². The molecule has 3 aromatic rings. The van der Waals surface area contributed by atoms with E-state index in [-0.39, 0.29) is 51.3 Å². The van der Waals surface area contributed by atoms with Crippen LogP contribution in [0.25, 0.3) is 0 Å². The molecule has 1 saturated carbocycles. The van der Waals surface area contributed by atoms with Crippen molar-refractivity contribution in [2.24, 2.45) is 5.92 Å². The highest BCUT2D eigenvalue weighted by Crippen LogP contribution is 2.36. The van der Waals surface area contributed by atoms with Gasteiger partial charge in [-0.25, -0.2) is 13.4 Å². The number of ether oxygens (including phenoxy) is 2. The van der Waals surface area contributed by atoms with Crippen molar-refractivity contribution in [1.82, 2.24) is 20.5 Å². The van der Waals surface area contributed by atoms with Crippen molar-refractivity contribution >= 4 is 50.6 Å². The number of rotatable bonds is 10. The Kier molecular flexibility index (Phi) is 8.21. The molecule has 12 nitrogen and oxygen atoms in total. The summed E-state index contributed by atoms with van der Waals surface area (Å²) in [5, 5.41) is 13.7. The van der Waals surface area contributed by atoms with Crippen LogP contribution in [0.1, 0.15) is 28.9 Å². The maximum Gasteiger partial charge on any atom is 0.273 e. The molecule has 4 rings (SSSR count). The van der Waals surface area contributed by atoms with E-state index in [0.717, 1.165) is 19.1 Å². The molecule has 0 spiro atoms. The summed E-state index contributed by atoms with van der Waals surface area (Å²) in [7, 11) is 0.733. The predicted molar refractivity (Wildman–Crippen MR) is 145 cm³/mol. The van der Waals surface area contributed by atoms with Gasteiger partial charge in [-0.05, 0) is 31.0 Å². The fourth-order valence-electron chi connectivity index (χ4n) is 3.79. The lowest BCUT2D eigenvalue weighted by molar-refractivity contribution is -0.119. The molecule has 0 radical (unpaired) electrons. The minimum Gasteiger partial charge on any atom is -0.497 e. The third-order valence-corrected chi connectivity index (χ3v) is 7.30. The molecule has 0 saturated heterocycles. The van der Waals surface area contributed by atoms with Gasteiger partial charge in [0.1, 0.15) is 22.2 Å². The number of nitrogens with zero attached hydrogens (tertiary/aromatic N) is 4. The zero-order chi connectivity index (χ0) is 28.3. The molecule has 206 valence electrons. The largest absolute Gasteiger partial charge is 0.497 e. The van der Waals surface area contributed by atoms with Crippen LogP contribution in [-0.2, 0) is 21.2 Å². The fraction of sp³-hybridized carbons (Fsp3) is 0.320. The molecular formula is C25H27ClN6O6S. The first-order valence-corrected chi connectivity index (χ1v) is 14.1. The number of methoxy groups -OCH3 is 2. The van der Waals surface area contributed by atoms with Gasteiger partial charge in [0.05, 0.1) is 31.5 Å². The Hall–Kier alpha value is -3.97. The average Bonchev–Trinajstić information content (AvgIpc) is 3.77. The number of nitrogens with one attached hydrogen (secondary N) is 2. The fourth-order valence-corrected chi connectivity index (χ4v) is 4.81. The smallest absolute Gasteiger partial charge is 0.273 e. The second-order valence-corrected chi connectivity index (χ2v) is 11.2. The highest BCUT2D eigenvalue weighted by atomic mass is 35.5. The Morgan fingerprint density at radius 3 is 2.49 bits per heavy atom. The minimum atomic E-state index is -3.75. The molecule has 1 aliphatic carbocycles. The number of carbonyl (C=O) groups excluding carboxylic acids is 2. The summed E-state index contributed by atoms with van der Waals surface area (Å²) < 4.78 is 35.6. The first kappa shape index (κ1) is 28.0. The van der Waals surface area contributed by atoms with Gasteiger partial charge >= 0.3 is 0 Å². The molecule has 2 heterocycles. The Labute approximate surface area is 230 Å². The lowest BCUT2D eigenvalue weighted by atomic mass is 10.1. The summed E-state index contributed by atoms with van der Waals surface area (Å²) in [5.41, 5.74) is 0.658. The van der Waals surface area contributed by atoms with Crippen molar-refractivity contribution in [3.8, 4) is 11.5 Å². The quantitative estimate of drug-likeness (QED) is 0.369. The van der Waals surface area contributed by atoms with Crippen molar-refractivity contribution in [2.75, 3.05) is 37.7 Å². The van der Waals surface area contributed by atoms with E-state index >= 15 is 0 Å². The van der Waals surface area contributed by atoms with Crippen LogP contribution in [-0.4, -0.2) is 62.9 Å². The van der Waals surface area contributed by atoms with Gasteiger partial charge in [0.25, 0.3) is 5.91 Å². The topological polar surface area (TPSA) is 153 Å². The molecule has 0 bridgehead atoms. The van der Waals surface area contributed by atoms with Crippen molar-refractivity contribution in [1.29, 1.82) is 0 Å². The Morgan fingerprint density at radius 1 is 1.13 bits per heavy atom. The number of benzene rings is 1. The molecule has 1 aromatic carbocycles. The van der Waals surface area contributed by atoms with Gasteiger partial charge in [0.15, 0.2) is 21.3 Å². The minimum absolute atomic E-state index is 0.0668. The van der Waals surface area contributed by atoms with E-state index in [9.17, 15) is 18.0 Å². The van der Waals surface area contributed by atoms with Crippen molar-refractivity contribution in [3.63, 3.8) is 0 Å². The van der Waals surface area contributed by atoms with E-state index in [2.05, 4.69) is 25.8 Å². The van der Waals surface area contributed by atoms with Crippen molar-refractivity contribution < 1.29 is 27.5 Å². The summed E-state index contributed by atoms with van der Waals surface area (Å²) in [5.74, 6) is 0.275. The lowest BCUT2D eigenvalue weighted by Gasteiger charge is -2.24. The number of sulfone groups is 1. The van der Waals surface area contributed by atoms with Crippen LogP contribution < -0.4 is 25.0 Å². The highest BCUT2D eigenvalue weighted by molar-refractivity contribution is 7.90. The first-order valence-electron chi connectivity index (χ1n) is 11.8. The van der Waals surface area contributed by atoms with Crippen LogP contribution in [0.2, 0.25) is 5.02 Å². The molecule has 1 fully saturated rings. The van der Waals surface area contributed by atoms with Gasteiger partial charge in [0.2, 0.25) is 5.91 Å². The van der Waals surface area contributed by atoms with Crippen LogP contribution in [0.15, 0.2) is 41.4 Å². The zero-order valence-corrected chi connectivity index (χ0v) is 23.3. The second kappa shape index (κ2) is 11.4. The number of halogens is 1. The highest BCUT2D eigenvalue weighted by Gasteiger charge is 2.35. The average molecular weight is 575 g/mol. The van der Waals surface area contributed by atoms with E-state index < -0.39 is 15.7 Å². The van der Waals surface area contributed by atoms with Crippen LogP contribution in [0.4, 0.5) is 17.3 Å². The summed E-state index contributed by atoms with van der Waals surface area (Å²) in [6.07, 6.45) is 3.78. The Morgan fingerprint density at radius 2 is 1.87 bits per heavy atom. The molecule has 0 unspecified atom stereocenters. The van der Waals surface area contributed by atoms with E-state index in [1.54, 1.807) is 25.3 Å². The molecule has 2 N–H and O–H groups in total. The van der Waals surface area contributed by atoms with E-state index in [1.165, 1.54) is 37.4 Å². The maximum absolute atomic E-state index is 13.4. The second-order valence-electron chi connectivity index (χ2n) is 8.82. The number of pyridine rings is 1. The number of hydrogen-bond donors (Lipinski definition) is 2. The van der Waals surface area contributed by atoms with Gasteiger partial charge in [0, 0.05) is 43.1 Å². The van der Waals surface area contributed by atoms with Gasteiger partial charge in [-0.2, -0.15) is 0 Å². The van der Waals surface area contributed by atoms with Crippen molar-refractivity contribution in [2.45, 2.75) is 24.3 Å². The normalized spacial score (nSPS) is 12.9. The maximum atomic E-state index is 13.4. The van der Waals surface area contributed by atoms with Gasteiger partial charge in [-0.15, -0.1) is 10.2 Å². The standard InChI is InChI=1S/C25H27ClN6O6S/c1-27-24(33)22-18(29-23-20(39(4,35)36)9-16(26)12-28-23)11-21(30-31-22)32(25(34)14-5-6-14)13-15-7-8-17(37-2)10-19(15)38-3/h7-12,14H,5-6,13H2,1-4H3,(H,27,33)(H,28,29,30). The molecule has 0 atom stereocenters. The van der Waals surface area contributed by atoms with E-state index in [4.69, 9.17) is 21.1 Å². The molecule has 2 amide bonds. The SMILES string of the molecule is CNC(=O)c1nnc(N(Cc2ccc(OC)cc2OC)C(=O)C2CC2)cc1Nc1ncc(Cl)cc1S(C)(=O)=O.